The molecule has 2 aromatic carbocycles. The zero-order valence-corrected chi connectivity index (χ0v) is 15.9. The van der Waals surface area contributed by atoms with Gasteiger partial charge in [0.15, 0.2) is 0 Å². The second-order valence-electron chi connectivity index (χ2n) is 6.76. The molecule has 26 heavy (non-hydrogen) atoms. The Labute approximate surface area is 156 Å². The lowest BCUT2D eigenvalue weighted by Gasteiger charge is -2.35. The molecule has 1 fully saturated rings. The molecule has 1 heterocycles. The summed E-state index contributed by atoms with van der Waals surface area (Å²) in [7, 11) is 1.63. The van der Waals surface area contributed by atoms with Crippen molar-refractivity contribution >= 4 is 11.4 Å². The number of aromatic hydroxyl groups is 1. The minimum Gasteiger partial charge on any atom is -0.508 e. The highest BCUT2D eigenvalue weighted by Gasteiger charge is 2.16. The Hall–Kier alpha value is -2.40. The fraction of sp³-hybridized carbons (Fsp3) is 0.429. The van der Waals surface area contributed by atoms with Gasteiger partial charge in [-0.25, -0.2) is 0 Å². The maximum absolute atomic E-state index is 10.1. The monoisotopic (exact) mass is 355 g/mol. The van der Waals surface area contributed by atoms with Crippen molar-refractivity contribution in [2.75, 3.05) is 50.1 Å². The average molecular weight is 355 g/mol. The van der Waals surface area contributed by atoms with Crippen LogP contribution in [0.15, 0.2) is 42.5 Å². The van der Waals surface area contributed by atoms with Gasteiger partial charge in [-0.05, 0) is 55.9 Å². The zero-order valence-electron chi connectivity index (χ0n) is 15.9. The molecule has 1 saturated heterocycles. The molecule has 0 radical (unpaired) electrons. The third-order valence-electron chi connectivity index (χ3n) is 5.14. The van der Waals surface area contributed by atoms with E-state index in [9.17, 15) is 5.11 Å². The Bertz CT molecular complexity index is 710. The van der Waals surface area contributed by atoms with Gasteiger partial charge in [0.05, 0.1) is 13.2 Å². The molecule has 0 saturated carbocycles. The summed E-state index contributed by atoms with van der Waals surface area (Å²) in [5.41, 5.74) is 3.13. The Morgan fingerprint density at radius 1 is 1.08 bits per heavy atom. The summed E-state index contributed by atoms with van der Waals surface area (Å²) in [6, 6.07) is 13.8. The molecule has 0 aliphatic carbocycles. The zero-order chi connectivity index (χ0) is 18.5. The first-order valence-electron chi connectivity index (χ1n) is 9.31. The molecule has 2 aromatic rings. The molecule has 1 aliphatic rings. The van der Waals surface area contributed by atoms with E-state index in [-0.39, 0.29) is 11.8 Å². The summed E-state index contributed by atoms with van der Waals surface area (Å²) in [5, 5.41) is 13.6. The van der Waals surface area contributed by atoms with Gasteiger partial charge in [0.2, 0.25) is 0 Å². The fourth-order valence-electron chi connectivity index (χ4n) is 3.42. The van der Waals surface area contributed by atoms with Gasteiger partial charge in [-0.3, -0.25) is 0 Å². The topological polar surface area (TPSA) is 48.0 Å². The van der Waals surface area contributed by atoms with Crippen molar-refractivity contribution in [1.82, 2.24) is 4.90 Å². The molecule has 5 nitrogen and oxygen atoms in total. The van der Waals surface area contributed by atoms with Crippen LogP contribution in [-0.4, -0.2) is 49.8 Å². The number of piperazine rings is 1. The van der Waals surface area contributed by atoms with Crippen molar-refractivity contribution in [3.05, 3.63) is 48.0 Å². The van der Waals surface area contributed by atoms with Crippen molar-refractivity contribution in [3.63, 3.8) is 0 Å². The highest BCUT2D eigenvalue weighted by Crippen LogP contribution is 2.31. The van der Waals surface area contributed by atoms with Crippen LogP contribution in [0, 0.1) is 0 Å². The minimum absolute atomic E-state index is 0.0240. The summed E-state index contributed by atoms with van der Waals surface area (Å²) >= 11 is 0. The number of hydrogen-bond acceptors (Lipinski definition) is 5. The van der Waals surface area contributed by atoms with E-state index in [1.54, 1.807) is 19.2 Å². The summed E-state index contributed by atoms with van der Waals surface area (Å²) in [6.07, 6.45) is 0. The molecule has 1 atom stereocenters. The lowest BCUT2D eigenvalue weighted by molar-refractivity contribution is 0.271. The van der Waals surface area contributed by atoms with Crippen LogP contribution in [0.5, 0.6) is 11.5 Å². The van der Waals surface area contributed by atoms with Gasteiger partial charge in [0.1, 0.15) is 11.5 Å². The second-order valence-corrected chi connectivity index (χ2v) is 6.76. The van der Waals surface area contributed by atoms with Crippen LogP contribution in [0.25, 0.3) is 0 Å². The molecular weight excluding hydrogens is 326 g/mol. The third kappa shape index (κ3) is 4.22. The van der Waals surface area contributed by atoms with Gasteiger partial charge in [0, 0.05) is 43.1 Å². The van der Waals surface area contributed by atoms with E-state index in [1.165, 1.54) is 5.69 Å². The van der Waals surface area contributed by atoms with Crippen LogP contribution >= 0.6 is 0 Å². The second kappa shape index (κ2) is 8.32. The van der Waals surface area contributed by atoms with Crippen molar-refractivity contribution in [2.45, 2.75) is 19.9 Å². The first-order valence-corrected chi connectivity index (χ1v) is 9.31. The molecule has 0 aromatic heterocycles. The van der Waals surface area contributed by atoms with Crippen molar-refractivity contribution in [3.8, 4) is 11.5 Å². The molecular formula is C21H29N3O2. The third-order valence-corrected chi connectivity index (χ3v) is 5.14. The van der Waals surface area contributed by atoms with E-state index in [1.807, 2.05) is 13.0 Å². The SMILES string of the molecule is CCN1CCN(c2ccc(NC(C)c3cc(OC)ccc3O)cc2)CC1. The largest absolute Gasteiger partial charge is 0.508 e. The van der Waals surface area contributed by atoms with Crippen LogP contribution in [0.4, 0.5) is 11.4 Å². The van der Waals surface area contributed by atoms with Crippen molar-refractivity contribution in [2.24, 2.45) is 0 Å². The van der Waals surface area contributed by atoms with Gasteiger partial charge in [-0.2, -0.15) is 0 Å². The van der Waals surface area contributed by atoms with Gasteiger partial charge in [0.25, 0.3) is 0 Å². The van der Waals surface area contributed by atoms with Crippen LogP contribution in [-0.2, 0) is 0 Å². The highest BCUT2D eigenvalue weighted by molar-refractivity contribution is 5.56. The number of likely N-dealkylation sites (N-methyl/N-ethyl adjacent to an activating group) is 1. The molecule has 1 unspecified atom stereocenters. The molecule has 2 N–H and O–H groups in total. The number of methoxy groups -OCH3 is 1. The number of phenols is 1. The van der Waals surface area contributed by atoms with Gasteiger partial charge >= 0.3 is 0 Å². The van der Waals surface area contributed by atoms with Gasteiger partial charge in [-0.15, -0.1) is 0 Å². The Kier molecular flexibility index (Phi) is 5.89. The van der Waals surface area contributed by atoms with E-state index in [0.717, 1.165) is 49.7 Å². The van der Waals surface area contributed by atoms with E-state index in [4.69, 9.17) is 4.74 Å². The number of rotatable bonds is 6. The lowest BCUT2D eigenvalue weighted by atomic mass is 10.1. The molecule has 1 aliphatic heterocycles. The van der Waals surface area contributed by atoms with Crippen molar-refractivity contribution < 1.29 is 9.84 Å². The van der Waals surface area contributed by atoms with E-state index in [2.05, 4.69) is 46.3 Å². The quantitative estimate of drug-likeness (QED) is 0.827. The molecule has 0 spiro atoms. The fourth-order valence-corrected chi connectivity index (χ4v) is 3.42. The normalized spacial score (nSPS) is 16.3. The molecule has 0 bridgehead atoms. The minimum atomic E-state index is -0.0240. The molecule has 140 valence electrons. The predicted molar refractivity (Wildman–Crippen MR) is 107 cm³/mol. The van der Waals surface area contributed by atoms with E-state index < -0.39 is 0 Å². The maximum Gasteiger partial charge on any atom is 0.121 e. The van der Waals surface area contributed by atoms with Gasteiger partial charge in [-0.1, -0.05) is 6.92 Å². The Morgan fingerprint density at radius 3 is 2.38 bits per heavy atom. The number of benzene rings is 2. The first-order chi connectivity index (χ1) is 12.6. The van der Waals surface area contributed by atoms with Gasteiger partial charge < -0.3 is 25.0 Å². The van der Waals surface area contributed by atoms with Crippen LogP contribution < -0.4 is 15.0 Å². The summed E-state index contributed by atoms with van der Waals surface area (Å²) in [5.74, 6) is 1.02. The number of phenolic OH excluding ortho intramolecular Hbond substituents is 1. The first kappa shape index (κ1) is 18.4. The number of hydrogen-bond donors (Lipinski definition) is 2. The van der Waals surface area contributed by atoms with E-state index in [0.29, 0.717) is 0 Å². The number of nitrogens with zero attached hydrogens (tertiary/aromatic N) is 2. The van der Waals surface area contributed by atoms with Crippen LogP contribution in [0.1, 0.15) is 25.5 Å². The number of ether oxygens (including phenoxy) is 1. The Morgan fingerprint density at radius 2 is 1.77 bits per heavy atom. The number of anilines is 2. The average Bonchev–Trinajstić information content (AvgIpc) is 2.69. The highest BCUT2D eigenvalue weighted by atomic mass is 16.5. The Balaban J connectivity index is 1.64. The summed E-state index contributed by atoms with van der Waals surface area (Å²) in [4.78, 5) is 4.92. The number of nitrogens with one attached hydrogen (secondary N) is 1. The van der Waals surface area contributed by atoms with Crippen LogP contribution in [0.2, 0.25) is 0 Å². The molecule has 5 heteroatoms. The summed E-state index contributed by atoms with van der Waals surface area (Å²) < 4.78 is 5.26. The van der Waals surface area contributed by atoms with Crippen LogP contribution in [0.3, 0.4) is 0 Å². The standard InChI is InChI=1S/C21H29N3O2/c1-4-23-11-13-24(14-12-23)18-7-5-17(6-8-18)22-16(2)20-15-19(26-3)9-10-21(20)25/h5-10,15-16,22,25H,4,11-14H2,1-3H3. The molecule has 0 amide bonds. The lowest BCUT2D eigenvalue weighted by Crippen LogP contribution is -2.46. The summed E-state index contributed by atoms with van der Waals surface area (Å²) in [6.45, 7) is 9.80. The predicted octanol–water partition coefficient (Wildman–Crippen LogP) is 3.72. The molecule has 3 rings (SSSR count). The smallest absolute Gasteiger partial charge is 0.121 e. The maximum atomic E-state index is 10.1. The van der Waals surface area contributed by atoms with Crippen molar-refractivity contribution in [1.29, 1.82) is 0 Å². The van der Waals surface area contributed by atoms with E-state index >= 15 is 0 Å².